The number of benzene rings is 1. The summed E-state index contributed by atoms with van der Waals surface area (Å²) in [6.45, 7) is 1.28. The van der Waals surface area contributed by atoms with Gasteiger partial charge in [0.15, 0.2) is 5.65 Å². The lowest BCUT2D eigenvalue weighted by Crippen LogP contribution is -2.52. The van der Waals surface area contributed by atoms with E-state index in [1.807, 2.05) is 35.2 Å². The van der Waals surface area contributed by atoms with E-state index in [2.05, 4.69) is 15.1 Å². The number of fused-ring (bicyclic) bond motifs is 3. The minimum atomic E-state index is -4.87. The molecule has 3 aromatic heterocycles. The summed E-state index contributed by atoms with van der Waals surface area (Å²) < 4.78 is 46.0. The molecule has 0 bridgehead atoms. The summed E-state index contributed by atoms with van der Waals surface area (Å²) in [7, 11) is 1.58. The molecule has 1 saturated heterocycles. The van der Waals surface area contributed by atoms with Crippen molar-refractivity contribution in [2.45, 2.75) is 26.7 Å². The minimum absolute atomic E-state index is 0. The SMILES string of the molecule is C.COc1ccc(Cn2c(=O)n3ncnc3c3cc(CN4CCN(C(=O)C(F)(F)F)CC4)cnc32)cc1. The van der Waals surface area contributed by atoms with E-state index in [0.29, 0.717) is 42.1 Å². The first kappa shape index (κ1) is 26.1. The molecule has 1 aliphatic rings. The average molecular weight is 518 g/mol. The van der Waals surface area contributed by atoms with Gasteiger partial charge in [-0.25, -0.2) is 14.8 Å². The number of ether oxygens (including phenoxy) is 1. The first-order chi connectivity index (χ1) is 17.2. The number of rotatable bonds is 5. The van der Waals surface area contributed by atoms with Gasteiger partial charge in [0, 0.05) is 38.9 Å². The molecule has 1 fully saturated rings. The molecule has 13 heteroatoms. The standard InChI is InChI=1S/C23H22F3N7O3.CH4/c1-36-17-4-2-15(3-5-17)13-32-19-18(20-28-14-29-33(20)22(32)35)10-16(11-27-19)12-30-6-8-31(9-7-30)21(34)23(24,25)26;/h2-5,10-11,14H,6-9,12-13H2,1H3;1H4. The van der Waals surface area contributed by atoms with Gasteiger partial charge in [0.25, 0.3) is 0 Å². The molecule has 4 aromatic rings. The Bertz CT molecular complexity index is 1470. The van der Waals surface area contributed by atoms with Gasteiger partial charge in [-0.2, -0.15) is 22.8 Å². The number of carbonyl (C=O) groups is 1. The number of nitrogens with zero attached hydrogens (tertiary/aromatic N) is 7. The summed E-state index contributed by atoms with van der Waals surface area (Å²) >= 11 is 0. The lowest BCUT2D eigenvalue weighted by atomic mass is 10.2. The molecule has 0 saturated carbocycles. The number of amides is 1. The summed E-state index contributed by atoms with van der Waals surface area (Å²) in [5.41, 5.74) is 2.11. The molecule has 0 aliphatic carbocycles. The number of methoxy groups -OCH3 is 1. The predicted molar refractivity (Wildman–Crippen MR) is 129 cm³/mol. The van der Waals surface area contributed by atoms with Crippen LogP contribution >= 0.6 is 0 Å². The number of halogens is 3. The molecule has 196 valence electrons. The molecule has 4 heterocycles. The molecule has 37 heavy (non-hydrogen) atoms. The fraction of sp³-hybridized carbons (Fsp3) is 0.375. The zero-order valence-electron chi connectivity index (χ0n) is 19.3. The summed E-state index contributed by atoms with van der Waals surface area (Å²) in [6, 6.07) is 9.21. The molecule has 0 spiro atoms. The van der Waals surface area contributed by atoms with E-state index in [0.717, 1.165) is 16.0 Å². The molecule has 10 nitrogen and oxygen atoms in total. The monoisotopic (exact) mass is 517 g/mol. The highest BCUT2D eigenvalue weighted by molar-refractivity contribution is 5.89. The molecule has 5 rings (SSSR count). The molecular formula is C24H26F3N7O3. The van der Waals surface area contributed by atoms with Crippen LogP contribution in [0.3, 0.4) is 0 Å². The molecule has 0 radical (unpaired) electrons. The first-order valence-corrected chi connectivity index (χ1v) is 11.2. The number of alkyl halides is 3. The summed E-state index contributed by atoms with van der Waals surface area (Å²) in [5.74, 6) is -1.10. The number of carbonyl (C=O) groups excluding carboxylic acids is 1. The van der Waals surface area contributed by atoms with E-state index in [4.69, 9.17) is 4.74 Å². The Kier molecular flexibility index (Phi) is 7.16. The van der Waals surface area contributed by atoms with Gasteiger partial charge in [-0.3, -0.25) is 14.3 Å². The van der Waals surface area contributed by atoms with Crippen LogP contribution in [0.2, 0.25) is 0 Å². The molecule has 0 unspecified atom stereocenters. The maximum atomic E-state index is 13.1. The Morgan fingerprint density at radius 2 is 1.70 bits per heavy atom. The van der Waals surface area contributed by atoms with Crippen molar-refractivity contribution in [3.05, 3.63) is 64.5 Å². The van der Waals surface area contributed by atoms with E-state index in [1.165, 1.54) is 15.4 Å². The number of piperazine rings is 1. The average Bonchev–Trinajstić information content (AvgIpc) is 3.37. The van der Waals surface area contributed by atoms with Gasteiger partial charge in [-0.15, -0.1) is 0 Å². The molecule has 1 aliphatic heterocycles. The summed E-state index contributed by atoms with van der Waals surface area (Å²) in [6.07, 6.45) is -1.92. The van der Waals surface area contributed by atoms with Gasteiger partial charge in [-0.05, 0) is 29.3 Å². The first-order valence-electron chi connectivity index (χ1n) is 11.2. The van der Waals surface area contributed by atoms with Crippen molar-refractivity contribution >= 4 is 22.6 Å². The maximum Gasteiger partial charge on any atom is 0.471 e. The van der Waals surface area contributed by atoms with Crippen LogP contribution in [0.5, 0.6) is 5.75 Å². The van der Waals surface area contributed by atoms with Gasteiger partial charge < -0.3 is 9.64 Å². The highest BCUT2D eigenvalue weighted by Gasteiger charge is 2.43. The number of aromatic nitrogens is 5. The third-order valence-corrected chi connectivity index (χ3v) is 6.19. The Morgan fingerprint density at radius 1 is 1.00 bits per heavy atom. The van der Waals surface area contributed by atoms with E-state index >= 15 is 0 Å². The van der Waals surface area contributed by atoms with Crippen molar-refractivity contribution in [2.24, 2.45) is 0 Å². The van der Waals surface area contributed by atoms with Crippen molar-refractivity contribution in [3.63, 3.8) is 0 Å². The Morgan fingerprint density at radius 3 is 2.35 bits per heavy atom. The zero-order valence-corrected chi connectivity index (χ0v) is 19.3. The third-order valence-electron chi connectivity index (χ3n) is 6.19. The second-order valence-corrected chi connectivity index (χ2v) is 8.49. The summed E-state index contributed by atoms with van der Waals surface area (Å²) in [4.78, 5) is 36.2. The molecule has 1 amide bonds. The lowest BCUT2D eigenvalue weighted by molar-refractivity contribution is -0.187. The largest absolute Gasteiger partial charge is 0.497 e. The normalized spacial score (nSPS) is 14.6. The van der Waals surface area contributed by atoms with Crippen LogP contribution in [0.25, 0.3) is 16.7 Å². The zero-order chi connectivity index (χ0) is 25.4. The van der Waals surface area contributed by atoms with Crippen LogP contribution in [0, 0.1) is 0 Å². The highest BCUT2D eigenvalue weighted by atomic mass is 19.4. The van der Waals surface area contributed by atoms with Crippen molar-refractivity contribution in [1.29, 1.82) is 0 Å². The molecule has 1 aromatic carbocycles. The van der Waals surface area contributed by atoms with Gasteiger partial charge in [-0.1, -0.05) is 19.6 Å². The Hall–Kier alpha value is -4.00. The minimum Gasteiger partial charge on any atom is -0.497 e. The quantitative estimate of drug-likeness (QED) is 0.401. The van der Waals surface area contributed by atoms with Crippen molar-refractivity contribution in [1.82, 2.24) is 33.9 Å². The number of hydrogen-bond donors (Lipinski definition) is 0. The van der Waals surface area contributed by atoms with Crippen LogP contribution in [0.1, 0.15) is 18.6 Å². The number of hydrogen-bond acceptors (Lipinski definition) is 7. The van der Waals surface area contributed by atoms with E-state index in [-0.39, 0.29) is 32.8 Å². The maximum absolute atomic E-state index is 13.1. The molecular weight excluding hydrogens is 491 g/mol. The van der Waals surface area contributed by atoms with Gasteiger partial charge in [0.05, 0.1) is 19.0 Å². The van der Waals surface area contributed by atoms with Crippen molar-refractivity contribution in [3.8, 4) is 5.75 Å². The van der Waals surface area contributed by atoms with Crippen LogP contribution in [0.15, 0.2) is 47.7 Å². The lowest BCUT2D eigenvalue weighted by Gasteiger charge is -2.34. The third kappa shape index (κ3) is 5.12. The number of pyridine rings is 1. The molecule has 0 N–H and O–H groups in total. The fourth-order valence-corrected chi connectivity index (χ4v) is 4.34. The van der Waals surface area contributed by atoms with Crippen LogP contribution in [-0.2, 0) is 17.9 Å². The van der Waals surface area contributed by atoms with E-state index < -0.39 is 12.1 Å². The smallest absolute Gasteiger partial charge is 0.471 e. The predicted octanol–water partition coefficient (Wildman–Crippen LogP) is 2.34. The van der Waals surface area contributed by atoms with Crippen LogP contribution in [0.4, 0.5) is 13.2 Å². The van der Waals surface area contributed by atoms with Gasteiger partial charge >= 0.3 is 17.8 Å². The van der Waals surface area contributed by atoms with Crippen molar-refractivity contribution in [2.75, 3.05) is 33.3 Å². The van der Waals surface area contributed by atoms with Crippen LogP contribution in [-0.4, -0.2) is 79.3 Å². The van der Waals surface area contributed by atoms with Crippen LogP contribution < -0.4 is 10.4 Å². The topological polar surface area (TPSA) is 97.9 Å². The second-order valence-electron chi connectivity index (χ2n) is 8.49. The Balaban J connectivity index is 0.00000320. The summed E-state index contributed by atoms with van der Waals surface area (Å²) in [5, 5.41) is 4.70. The van der Waals surface area contributed by atoms with E-state index in [9.17, 15) is 22.8 Å². The highest BCUT2D eigenvalue weighted by Crippen LogP contribution is 2.22. The second kappa shape index (κ2) is 10.2. The van der Waals surface area contributed by atoms with E-state index in [1.54, 1.807) is 13.3 Å². The van der Waals surface area contributed by atoms with Crippen molar-refractivity contribution < 1.29 is 22.7 Å². The fourth-order valence-electron chi connectivity index (χ4n) is 4.34. The molecule has 0 atom stereocenters. The van der Waals surface area contributed by atoms with Gasteiger partial charge in [0.1, 0.15) is 17.7 Å². The Labute approximate surface area is 209 Å². The van der Waals surface area contributed by atoms with Gasteiger partial charge in [0.2, 0.25) is 0 Å².